The van der Waals surface area contributed by atoms with E-state index in [9.17, 15) is 28.8 Å². The first-order valence-electron chi connectivity index (χ1n) is 16.6. The van der Waals surface area contributed by atoms with Gasteiger partial charge in [-0.2, -0.15) is 0 Å². The topological polar surface area (TPSA) is 182 Å². The Morgan fingerprint density at radius 3 is 1.19 bits per heavy atom. The van der Waals surface area contributed by atoms with Gasteiger partial charge >= 0.3 is 11.4 Å². The van der Waals surface area contributed by atoms with Gasteiger partial charge in [-0.3, -0.25) is 37.4 Å². The molecular weight excluding hydrogens is 668 g/mol. The summed E-state index contributed by atoms with van der Waals surface area (Å²) < 4.78 is 7.49. The molecule has 4 aromatic heterocycles. The van der Waals surface area contributed by atoms with Crippen molar-refractivity contribution in [2.75, 3.05) is 10.6 Å². The molecule has 272 valence electrons. The average molecular weight is 711 g/mol. The second kappa shape index (κ2) is 14.9. The molecule has 6 rings (SSSR count). The summed E-state index contributed by atoms with van der Waals surface area (Å²) in [6, 6.07) is 15.3. The van der Waals surface area contributed by atoms with Crippen LogP contribution in [0.15, 0.2) is 80.4 Å². The molecule has 52 heavy (non-hydrogen) atoms. The molecule has 4 heterocycles. The third-order valence-corrected chi connectivity index (χ3v) is 8.78. The van der Waals surface area contributed by atoms with Crippen LogP contribution < -0.4 is 33.1 Å². The lowest BCUT2D eigenvalue weighted by Gasteiger charge is -2.09. The molecule has 2 N–H and O–H groups in total. The van der Waals surface area contributed by atoms with Gasteiger partial charge in [-0.15, -0.1) is 0 Å². The number of rotatable bonds is 8. The van der Waals surface area contributed by atoms with Gasteiger partial charge in [0.05, 0.1) is 12.7 Å². The monoisotopic (exact) mass is 710 g/mol. The lowest BCUT2D eigenvalue weighted by Crippen LogP contribution is -2.37. The van der Waals surface area contributed by atoms with Gasteiger partial charge in [0.25, 0.3) is 11.1 Å². The fourth-order valence-electron chi connectivity index (χ4n) is 5.65. The minimum Gasteiger partial charge on any atom is -0.325 e. The number of nitrogens with zero attached hydrogens (tertiary/aromatic N) is 8. The molecule has 0 aliphatic carbocycles. The van der Waals surface area contributed by atoms with Crippen molar-refractivity contribution in [2.24, 2.45) is 28.2 Å². The van der Waals surface area contributed by atoms with Crippen molar-refractivity contribution >= 4 is 45.5 Å². The molecule has 0 unspecified atom stereocenters. The van der Waals surface area contributed by atoms with Crippen molar-refractivity contribution in [1.82, 2.24) is 37.4 Å². The minimum absolute atomic E-state index is 0.0735. The number of fused-ring (bicyclic) bond motifs is 2. The number of anilines is 2. The van der Waals surface area contributed by atoms with Gasteiger partial charge < -0.3 is 19.8 Å². The van der Waals surface area contributed by atoms with Gasteiger partial charge in [-0.1, -0.05) is 52.0 Å². The van der Waals surface area contributed by atoms with Gasteiger partial charge in [-0.05, 0) is 47.2 Å². The van der Waals surface area contributed by atoms with Crippen molar-refractivity contribution in [2.45, 2.75) is 52.6 Å². The number of nitrogens with one attached hydrogen (secondary N) is 2. The molecular formula is C36H42N10O6. The van der Waals surface area contributed by atoms with E-state index in [1.165, 1.54) is 70.2 Å². The highest BCUT2D eigenvalue weighted by Crippen LogP contribution is 2.18. The molecule has 16 heteroatoms. The van der Waals surface area contributed by atoms with Crippen molar-refractivity contribution < 1.29 is 9.59 Å². The predicted molar refractivity (Wildman–Crippen MR) is 199 cm³/mol. The zero-order valence-electron chi connectivity index (χ0n) is 30.4. The highest BCUT2D eigenvalue weighted by Gasteiger charge is 2.17. The SMILES string of the molecule is CC(C)c1ccc(NC(=O)Cn2cnc3c2c(=O)n(C)c(=O)n3C)cc1.CC(C)c1ccc(NC(=O)Cn2cnc3c2c(=O)n(C)c(=O)n3C)cc1. The van der Waals surface area contributed by atoms with Crippen LogP contribution in [-0.2, 0) is 50.9 Å². The van der Waals surface area contributed by atoms with E-state index >= 15 is 0 Å². The normalized spacial score (nSPS) is 11.3. The van der Waals surface area contributed by atoms with E-state index in [-0.39, 0.29) is 47.2 Å². The van der Waals surface area contributed by atoms with Gasteiger partial charge in [0, 0.05) is 39.6 Å². The molecule has 0 aliphatic rings. The number of amides is 2. The first-order valence-corrected chi connectivity index (χ1v) is 16.6. The fourth-order valence-corrected chi connectivity index (χ4v) is 5.65. The van der Waals surface area contributed by atoms with E-state index in [4.69, 9.17) is 0 Å². The van der Waals surface area contributed by atoms with Crippen LogP contribution in [0.4, 0.5) is 11.4 Å². The summed E-state index contributed by atoms with van der Waals surface area (Å²) in [5, 5.41) is 5.61. The van der Waals surface area contributed by atoms with Crippen LogP contribution in [0.3, 0.4) is 0 Å². The van der Waals surface area contributed by atoms with Gasteiger partial charge in [-0.25, -0.2) is 19.6 Å². The predicted octanol–water partition coefficient (Wildman–Crippen LogP) is 2.39. The third kappa shape index (κ3) is 7.40. The number of hydrogen-bond acceptors (Lipinski definition) is 8. The number of benzene rings is 2. The summed E-state index contributed by atoms with van der Waals surface area (Å²) in [5.41, 5.74) is 2.84. The zero-order valence-corrected chi connectivity index (χ0v) is 30.4. The molecule has 0 aliphatic heterocycles. The molecule has 0 bridgehead atoms. The van der Waals surface area contributed by atoms with E-state index in [0.717, 1.165) is 9.13 Å². The standard InChI is InChI=1S/2C18H21N5O3/c2*1-11(2)12-5-7-13(8-6-12)20-14(24)9-23-10-19-16-15(23)17(25)22(4)18(26)21(16)3/h2*5-8,10-11H,9H2,1-4H3,(H,20,24). The molecule has 2 aromatic carbocycles. The Balaban J connectivity index is 0.000000201. The van der Waals surface area contributed by atoms with Crippen LogP contribution in [0.1, 0.15) is 50.7 Å². The molecule has 16 nitrogen and oxygen atoms in total. The second-order valence-electron chi connectivity index (χ2n) is 13.2. The lowest BCUT2D eigenvalue weighted by molar-refractivity contribution is -0.117. The van der Waals surface area contributed by atoms with Crippen LogP contribution >= 0.6 is 0 Å². The number of carbonyl (C=O) groups is 2. The zero-order chi connectivity index (χ0) is 38.0. The van der Waals surface area contributed by atoms with E-state index < -0.39 is 22.5 Å². The summed E-state index contributed by atoms with van der Waals surface area (Å²) >= 11 is 0. The maximum absolute atomic E-state index is 12.4. The summed E-state index contributed by atoms with van der Waals surface area (Å²) in [6.07, 6.45) is 2.79. The number of carbonyl (C=O) groups excluding carboxylic acids is 2. The Hall–Kier alpha value is -6.32. The molecule has 0 saturated heterocycles. The van der Waals surface area contributed by atoms with Crippen LogP contribution in [-0.4, -0.2) is 49.2 Å². The summed E-state index contributed by atoms with van der Waals surface area (Å²) in [6.45, 7) is 8.26. The van der Waals surface area contributed by atoms with Crippen molar-refractivity contribution in [3.05, 3.63) is 114 Å². The molecule has 0 fully saturated rings. The maximum atomic E-state index is 12.4. The van der Waals surface area contributed by atoms with E-state index in [1.54, 1.807) is 0 Å². The molecule has 0 radical (unpaired) electrons. The van der Waals surface area contributed by atoms with E-state index in [2.05, 4.69) is 48.3 Å². The molecule has 0 atom stereocenters. The van der Waals surface area contributed by atoms with Gasteiger partial charge in [0.1, 0.15) is 13.1 Å². The van der Waals surface area contributed by atoms with Crippen LogP contribution in [0.5, 0.6) is 0 Å². The molecule has 6 aromatic rings. The Morgan fingerprint density at radius 2 is 0.885 bits per heavy atom. The van der Waals surface area contributed by atoms with Crippen molar-refractivity contribution in [1.29, 1.82) is 0 Å². The van der Waals surface area contributed by atoms with Crippen LogP contribution in [0.25, 0.3) is 22.3 Å². The molecule has 0 saturated carbocycles. The first kappa shape index (κ1) is 36.9. The van der Waals surface area contributed by atoms with Crippen molar-refractivity contribution in [3.63, 3.8) is 0 Å². The van der Waals surface area contributed by atoms with Crippen LogP contribution in [0.2, 0.25) is 0 Å². The summed E-state index contributed by atoms with van der Waals surface area (Å²) in [5.74, 6) is 0.273. The van der Waals surface area contributed by atoms with Crippen molar-refractivity contribution in [3.8, 4) is 0 Å². The average Bonchev–Trinajstić information content (AvgIpc) is 3.73. The van der Waals surface area contributed by atoms with Gasteiger partial charge in [0.15, 0.2) is 22.3 Å². The fraction of sp³-hybridized carbons (Fsp3) is 0.333. The number of hydrogen-bond donors (Lipinski definition) is 2. The lowest BCUT2D eigenvalue weighted by atomic mass is 10.0. The highest BCUT2D eigenvalue weighted by molar-refractivity contribution is 5.92. The Bertz CT molecular complexity index is 2350. The first-order chi connectivity index (χ1) is 24.6. The quantitative estimate of drug-likeness (QED) is 0.242. The third-order valence-electron chi connectivity index (χ3n) is 8.78. The molecule has 0 spiro atoms. The van der Waals surface area contributed by atoms with E-state index in [0.29, 0.717) is 23.2 Å². The second-order valence-corrected chi connectivity index (χ2v) is 13.2. The Labute approximate surface area is 297 Å². The Kier molecular flexibility index (Phi) is 10.6. The molecule has 2 amide bonds. The maximum Gasteiger partial charge on any atom is 0.332 e. The summed E-state index contributed by atoms with van der Waals surface area (Å²) in [7, 11) is 5.88. The van der Waals surface area contributed by atoms with E-state index in [1.807, 2.05) is 48.5 Å². The number of aryl methyl sites for hydroxylation is 2. The highest BCUT2D eigenvalue weighted by atomic mass is 16.2. The Morgan fingerprint density at radius 1 is 0.558 bits per heavy atom. The summed E-state index contributed by atoms with van der Waals surface area (Å²) in [4.78, 5) is 81.6. The minimum atomic E-state index is -0.477. The largest absolute Gasteiger partial charge is 0.332 e. The number of imidazole rings is 2. The smallest absolute Gasteiger partial charge is 0.325 e. The van der Waals surface area contributed by atoms with Gasteiger partial charge in [0.2, 0.25) is 11.8 Å². The van der Waals surface area contributed by atoms with Crippen LogP contribution in [0, 0.1) is 0 Å². The number of aromatic nitrogens is 8.